The molecule has 10 rings (SSSR count). The normalized spacial score (nSPS) is 54.7. The maximum absolute atomic E-state index is 14.8. The third-order valence-corrected chi connectivity index (χ3v) is 22.0. The van der Waals surface area contributed by atoms with Crippen LogP contribution in [0.15, 0.2) is 11.1 Å². The van der Waals surface area contributed by atoms with E-state index in [0.29, 0.717) is 44.9 Å². The molecular weight excluding hydrogens is 1130 g/mol. The highest BCUT2D eigenvalue weighted by molar-refractivity contribution is 5.98. The second-order valence-electron chi connectivity index (χ2n) is 26.4. The first-order valence-electron chi connectivity index (χ1n) is 30.0. The average Bonchev–Trinajstić information content (AvgIpc) is 1.60. The van der Waals surface area contributed by atoms with Crippen molar-refractivity contribution in [2.75, 3.05) is 33.0 Å². The molecule has 8 fully saturated rings. The number of rotatable bonds is 15. The van der Waals surface area contributed by atoms with Gasteiger partial charge in [0.15, 0.2) is 43.0 Å². The van der Waals surface area contributed by atoms with Crippen molar-refractivity contribution in [3.8, 4) is 0 Å². The molecular formula is C57H90O28. The Labute approximate surface area is 491 Å². The minimum atomic E-state index is -1.99. The van der Waals surface area contributed by atoms with E-state index in [4.69, 9.17) is 52.1 Å². The Morgan fingerprint density at radius 1 is 0.600 bits per heavy atom. The summed E-state index contributed by atoms with van der Waals surface area (Å²) in [5.41, 5.74) is -2.81. The van der Waals surface area contributed by atoms with Crippen LogP contribution < -0.4 is 0 Å². The molecule has 0 bridgehead atoms. The van der Waals surface area contributed by atoms with Crippen molar-refractivity contribution in [3.05, 3.63) is 11.1 Å². The molecule has 0 aromatic carbocycles. The van der Waals surface area contributed by atoms with Gasteiger partial charge in [-0.05, 0) is 76.0 Å². The van der Waals surface area contributed by atoms with Crippen molar-refractivity contribution in [1.82, 2.24) is 0 Å². The SMILES string of the molecule is CCC(=O)[C@@H]1C[C@@H](C)[C@@]2(O1)[C@@H](O)C(=O)[C@@]1(C)C3=C(CC[C@@]12C)[C@@]1(C)CC[C@H](O[C@@H]2O[C@H](CO[C@@H]4OC[C@H](O)[C@H](O)[C@H]4O[C@@H]4O[C@H](CO)[C@@H](O)[C@H](O[C@@H]5OC[C@@H](O)[C@H](O)[C@H]5O)[C@H]4O[C@@H]4O[C@@H](C)[C@H](O)[C@@H](O)[C@H]4O)[C@@H](O)[C@H](O)[C@H]2O)[C@](C)(CO)[C@@H]1CC3. The lowest BCUT2D eigenvalue weighted by atomic mass is 9.42. The molecule has 28 nitrogen and oxygen atoms in total. The zero-order valence-corrected chi connectivity index (χ0v) is 48.9. The van der Waals surface area contributed by atoms with E-state index >= 15 is 0 Å². The number of carbonyl (C=O) groups is 2. The quantitative estimate of drug-likeness (QED) is 0.0684. The number of ketones is 2. The fourth-order valence-electron chi connectivity index (χ4n) is 16.7. The number of aliphatic hydroxyl groups is 15. The van der Waals surface area contributed by atoms with Crippen molar-refractivity contribution in [3.63, 3.8) is 0 Å². The summed E-state index contributed by atoms with van der Waals surface area (Å²) in [5.74, 6) is -0.939. The first kappa shape index (κ1) is 66.0. The Balaban J connectivity index is 0.863. The number of hydrogen-bond donors (Lipinski definition) is 15. The molecule has 6 saturated heterocycles. The van der Waals surface area contributed by atoms with Crippen molar-refractivity contribution >= 4 is 11.6 Å². The molecule has 6 aliphatic heterocycles. The van der Waals surface area contributed by atoms with Crippen LogP contribution in [0.4, 0.5) is 0 Å². The Morgan fingerprint density at radius 2 is 1.20 bits per heavy atom. The second kappa shape index (κ2) is 24.6. The van der Waals surface area contributed by atoms with Gasteiger partial charge in [-0.1, -0.05) is 45.8 Å². The predicted octanol–water partition coefficient (Wildman–Crippen LogP) is -4.83. The predicted molar refractivity (Wildman–Crippen MR) is 281 cm³/mol. The van der Waals surface area contributed by atoms with Crippen LogP contribution in [0, 0.1) is 33.5 Å². The lowest BCUT2D eigenvalue weighted by Crippen LogP contribution is -2.67. The fraction of sp³-hybridized carbons (Fsp3) is 0.930. The van der Waals surface area contributed by atoms with Gasteiger partial charge in [0.1, 0.15) is 122 Å². The van der Waals surface area contributed by atoms with E-state index < -0.39 is 213 Å². The molecule has 0 unspecified atom stereocenters. The summed E-state index contributed by atoms with van der Waals surface area (Å²) >= 11 is 0. The monoisotopic (exact) mass is 1220 g/mol. The minimum absolute atomic E-state index is 0.0715. The summed E-state index contributed by atoms with van der Waals surface area (Å²) in [5, 5.41) is 166. The highest BCUT2D eigenvalue weighted by Crippen LogP contribution is 2.74. The molecule has 85 heavy (non-hydrogen) atoms. The highest BCUT2D eigenvalue weighted by Gasteiger charge is 2.79. The zero-order chi connectivity index (χ0) is 61.9. The van der Waals surface area contributed by atoms with E-state index in [1.807, 2.05) is 27.7 Å². The van der Waals surface area contributed by atoms with Gasteiger partial charge in [-0.2, -0.15) is 0 Å². The summed E-state index contributed by atoms with van der Waals surface area (Å²) in [7, 11) is 0. The molecule has 0 radical (unpaired) electrons. The molecule has 4 aliphatic carbocycles. The van der Waals surface area contributed by atoms with Crippen LogP contribution in [0.2, 0.25) is 0 Å². The Bertz CT molecular complexity index is 2420. The minimum Gasteiger partial charge on any atom is -0.396 e. The molecule has 1 spiro atoms. The third-order valence-electron chi connectivity index (χ3n) is 22.0. The van der Waals surface area contributed by atoms with Gasteiger partial charge in [-0.15, -0.1) is 0 Å². The van der Waals surface area contributed by atoms with Gasteiger partial charge >= 0.3 is 0 Å². The van der Waals surface area contributed by atoms with Crippen molar-refractivity contribution in [2.24, 2.45) is 33.5 Å². The average molecular weight is 1220 g/mol. The number of carbonyl (C=O) groups excluding carboxylic acids is 2. The van der Waals surface area contributed by atoms with E-state index in [1.165, 1.54) is 6.92 Å². The standard InChI is InChI=1S/C57H90O28/c1-8-25(60)28-15-21(2)57(85-28)47(74)46(73)56(7)24-9-10-31-53(4,23(24)11-14-55(56,57)6)13-12-32(54(31,5)20-59)81-50-42(72)39(69)36(66)30(80-50)19-77-51-44(35(65)27(62)18-76-51)83-52-45(84-49-41(71)38(68)33(63)22(3)78-49)43(37(67)29(16-58)79-52)82-48-40(70)34(64)26(61)17-75-48/h21-22,26-45,47-52,58-59,61-72,74H,8-20H2,1-7H3/t21-,22+,26-,27+,28+,29-,30-,31-,32+,33+,34+,35+,36-,37-,38-,39+,40-,41-,42-,43+,44-,45-,47+,48+,49+,50+,51+,52+,53-,54-,55+,56-,57-/m1/s1. The van der Waals surface area contributed by atoms with Crippen LogP contribution in [0.1, 0.15) is 99.8 Å². The van der Waals surface area contributed by atoms with E-state index in [9.17, 15) is 86.2 Å². The van der Waals surface area contributed by atoms with E-state index in [0.717, 1.165) is 11.1 Å². The Hall–Kier alpha value is -1.96. The van der Waals surface area contributed by atoms with Crippen LogP contribution in [0.5, 0.6) is 0 Å². The van der Waals surface area contributed by atoms with Crippen molar-refractivity contribution in [1.29, 1.82) is 0 Å². The van der Waals surface area contributed by atoms with Crippen LogP contribution in [0.3, 0.4) is 0 Å². The summed E-state index contributed by atoms with van der Waals surface area (Å²) in [6.07, 6.45) is -40.3. The van der Waals surface area contributed by atoms with Crippen LogP contribution >= 0.6 is 0 Å². The van der Waals surface area contributed by atoms with Crippen LogP contribution in [-0.4, -0.2) is 286 Å². The van der Waals surface area contributed by atoms with Gasteiger partial charge in [0, 0.05) is 17.3 Å². The third kappa shape index (κ3) is 10.5. The Kier molecular flexibility index (Phi) is 19.1. The van der Waals surface area contributed by atoms with Crippen LogP contribution in [-0.2, 0) is 61.7 Å². The molecule has 33 atom stereocenters. The topological polar surface area (TPSA) is 439 Å². The molecule has 6 heterocycles. The lowest BCUT2D eigenvalue weighted by Gasteiger charge is -2.63. The van der Waals surface area contributed by atoms with Gasteiger partial charge in [-0.25, -0.2) is 0 Å². The molecule has 2 saturated carbocycles. The summed E-state index contributed by atoms with van der Waals surface area (Å²) < 4.78 is 66.7. The number of ether oxygens (including phenoxy) is 11. The molecule has 28 heteroatoms. The number of Topliss-reactive ketones (excluding diaryl/α,β-unsaturated/α-hetero) is 2. The maximum Gasteiger partial charge on any atom is 0.187 e. The molecule has 10 aliphatic rings. The van der Waals surface area contributed by atoms with E-state index in [2.05, 4.69) is 6.92 Å². The summed E-state index contributed by atoms with van der Waals surface area (Å²) in [6.45, 7) is 9.88. The van der Waals surface area contributed by atoms with Gasteiger partial charge in [-0.3, -0.25) is 9.59 Å². The van der Waals surface area contributed by atoms with Gasteiger partial charge in [0.25, 0.3) is 0 Å². The Morgan fingerprint density at radius 3 is 1.86 bits per heavy atom. The van der Waals surface area contributed by atoms with Crippen molar-refractivity contribution in [2.45, 2.75) is 265 Å². The van der Waals surface area contributed by atoms with Gasteiger partial charge in [0.05, 0.1) is 50.7 Å². The maximum atomic E-state index is 14.8. The molecule has 0 amide bonds. The van der Waals surface area contributed by atoms with Gasteiger partial charge in [0.2, 0.25) is 0 Å². The smallest absolute Gasteiger partial charge is 0.187 e. The molecule has 0 aromatic heterocycles. The van der Waals surface area contributed by atoms with Crippen LogP contribution in [0.25, 0.3) is 0 Å². The fourth-order valence-corrected chi connectivity index (χ4v) is 16.7. The second-order valence-corrected chi connectivity index (χ2v) is 26.4. The zero-order valence-electron chi connectivity index (χ0n) is 48.9. The molecule has 15 N–H and O–H groups in total. The number of allylic oxidation sites excluding steroid dienone is 2. The first-order valence-corrected chi connectivity index (χ1v) is 30.0. The van der Waals surface area contributed by atoms with Gasteiger partial charge < -0.3 is 129 Å². The number of aliphatic hydroxyl groups excluding tert-OH is 15. The first-order chi connectivity index (χ1) is 40.0. The number of fused-ring (bicyclic) bond motifs is 5. The van der Waals surface area contributed by atoms with E-state index in [-0.39, 0.29) is 36.4 Å². The number of hydrogen-bond acceptors (Lipinski definition) is 28. The summed E-state index contributed by atoms with van der Waals surface area (Å²) in [4.78, 5) is 27.8. The lowest BCUT2D eigenvalue weighted by molar-refractivity contribution is -0.404. The molecule has 486 valence electrons. The van der Waals surface area contributed by atoms with Crippen molar-refractivity contribution < 1.29 is 138 Å². The highest BCUT2D eigenvalue weighted by atomic mass is 16.8. The van der Waals surface area contributed by atoms with E-state index in [1.54, 1.807) is 6.92 Å². The molecule has 0 aromatic rings. The largest absolute Gasteiger partial charge is 0.396 e. The summed E-state index contributed by atoms with van der Waals surface area (Å²) in [6, 6.07) is 0.